The van der Waals surface area contributed by atoms with Crippen molar-refractivity contribution in [3.63, 3.8) is 0 Å². The minimum absolute atomic E-state index is 0.185. The number of nitrogens with one attached hydrogen (secondary N) is 1. The van der Waals surface area contributed by atoms with Crippen LogP contribution in [-0.2, 0) is 9.59 Å². The van der Waals surface area contributed by atoms with Crippen molar-refractivity contribution >= 4 is 35.1 Å². The highest BCUT2D eigenvalue weighted by molar-refractivity contribution is 6.37. The van der Waals surface area contributed by atoms with Gasteiger partial charge in [-0.15, -0.1) is 0 Å². The average molecular weight is 334 g/mol. The van der Waals surface area contributed by atoms with E-state index in [1.165, 1.54) is 0 Å². The van der Waals surface area contributed by atoms with Crippen LogP contribution in [0.5, 0.6) is 5.75 Å². The summed E-state index contributed by atoms with van der Waals surface area (Å²) in [5, 5.41) is 12.1. The Hall–Kier alpha value is -1.46. The Morgan fingerprint density at radius 2 is 1.90 bits per heavy atom. The summed E-state index contributed by atoms with van der Waals surface area (Å²) in [5.41, 5.74) is 0. The minimum atomic E-state index is -1.08. The second-order valence-electron chi connectivity index (χ2n) is 4.61. The number of carboxylic acids is 1. The number of amides is 1. The lowest BCUT2D eigenvalue weighted by Crippen LogP contribution is -2.46. The first-order valence-corrected chi connectivity index (χ1v) is 7.21. The van der Waals surface area contributed by atoms with E-state index in [2.05, 4.69) is 5.32 Å². The summed E-state index contributed by atoms with van der Waals surface area (Å²) >= 11 is 11.8. The molecule has 0 aliphatic heterocycles. The maximum absolute atomic E-state index is 11.8. The number of carbonyl (C=O) groups is 2. The Labute approximate surface area is 133 Å². The molecule has 1 aromatic rings. The molecule has 0 unspecified atom stereocenters. The number of halogens is 2. The van der Waals surface area contributed by atoms with E-state index in [9.17, 15) is 9.59 Å². The van der Waals surface area contributed by atoms with Crippen molar-refractivity contribution in [2.45, 2.75) is 26.3 Å². The van der Waals surface area contributed by atoms with E-state index >= 15 is 0 Å². The van der Waals surface area contributed by atoms with E-state index in [0.29, 0.717) is 6.42 Å². The van der Waals surface area contributed by atoms with Crippen molar-refractivity contribution < 1.29 is 19.4 Å². The lowest BCUT2D eigenvalue weighted by atomic mass is 9.99. The van der Waals surface area contributed by atoms with Crippen molar-refractivity contribution in [1.82, 2.24) is 5.32 Å². The topological polar surface area (TPSA) is 75.6 Å². The second kappa shape index (κ2) is 8.10. The quantitative estimate of drug-likeness (QED) is 0.804. The van der Waals surface area contributed by atoms with Crippen LogP contribution in [0.25, 0.3) is 0 Å². The highest BCUT2D eigenvalue weighted by atomic mass is 35.5. The monoisotopic (exact) mass is 333 g/mol. The number of hydrogen-bond donors (Lipinski definition) is 2. The first-order chi connectivity index (χ1) is 9.86. The van der Waals surface area contributed by atoms with Crippen LogP contribution in [0.2, 0.25) is 10.0 Å². The summed E-state index contributed by atoms with van der Waals surface area (Å²) in [5.74, 6) is -1.60. The largest absolute Gasteiger partial charge is 0.481 e. The Bertz CT molecular complexity index is 501. The molecule has 0 spiro atoms. The molecule has 0 saturated carbocycles. The molecule has 0 aromatic heterocycles. The molecule has 1 aromatic carbocycles. The molecule has 0 aliphatic rings. The number of carbonyl (C=O) groups excluding carboxylic acids is 1. The standard InChI is InChI=1S/C14H17Cl2NO4/c1-3-8(2)12(14(19)20)17-11(18)7-21-13-9(15)5-4-6-10(13)16/h4-6,8,12H,3,7H2,1-2H3,(H,17,18)(H,19,20)/t8-,12-/m0/s1. The zero-order valence-electron chi connectivity index (χ0n) is 11.7. The molecular weight excluding hydrogens is 317 g/mol. The minimum Gasteiger partial charge on any atom is -0.481 e. The van der Waals surface area contributed by atoms with Gasteiger partial charge in [-0.2, -0.15) is 0 Å². The molecule has 0 radical (unpaired) electrons. The van der Waals surface area contributed by atoms with Gasteiger partial charge in [0.2, 0.25) is 0 Å². The molecular formula is C14H17Cl2NO4. The van der Waals surface area contributed by atoms with Crippen molar-refractivity contribution in [2.75, 3.05) is 6.61 Å². The van der Waals surface area contributed by atoms with Crippen LogP contribution in [-0.4, -0.2) is 29.6 Å². The number of ether oxygens (including phenoxy) is 1. The fraction of sp³-hybridized carbons (Fsp3) is 0.429. The van der Waals surface area contributed by atoms with Gasteiger partial charge in [0.25, 0.3) is 5.91 Å². The maximum atomic E-state index is 11.8. The molecule has 1 amide bonds. The molecule has 0 saturated heterocycles. The first-order valence-electron chi connectivity index (χ1n) is 6.45. The lowest BCUT2D eigenvalue weighted by Gasteiger charge is -2.20. The van der Waals surface area contributed by atoms with Gasteiger partial charge in [0, 0.05) is 0 Å². The molecule has 2 N–H and O–H groups in total. The molecule has 5 nitrogen and oxygen atoms in total. The smallest absolute Gasteiger partial charge is 0.326 e. The van der Waals surface area contributed by atoms with Crippen LogP contribution in [0.1, 0.15) is 20.3 Å². The molecule has 116 valence electrons. The van der Waals surface area contributed by atoms with Crippen molar-refractivity contribution in [3.8, 4) is 5.75 Å². The summed E-state index contributed by atoms with van der Waals surface area (Å²) in [6, 6.07) is 3.87. The Kier molecular flexibility index (Phi) is 6.78. The van der Waals surface area contributed by atoms with Gasteiger partial charge < -0.3 is 15.2 Å². The van der Waals surface area contributed by atoms with Crippen LogP contribution in [0, 0.1) is 5.92 Å². The first kappa shape index (κ1) is 17.6. The van der Waals surface area contributed by atoms with Crippen molar-refractivity contribution in [1.29, 1.82) is 0 Å². The second-order valence-corrected chi connectivity index (χ2v) is 5.42. The summed E-state index contributed by atoms with van der Waals surface area (Å²) in [4.78, 5) is 22.9. The van der Waals surface area contributed by atoms with E-state index in [1.807, 2.05) is 6.92 Å². The van der Waals surface area contributed by atoms with Gasteiger partial charge in [0.15, 0.2) is 12.4 Å². The zero-order valence-corrected chi connectivity index (χ0v) is 13.2. The normalized spacial score (nSPS) is 13.3. The number of benzene rings is 1. The highest BCUT2D eigenvalue weighted by Gasteiger charge is 2.25. The van der Waals surface area contributed by atoms with Gasteiger partial charge in [-0.05, 0) is 18.1 Å². The molecule has 0 aliphatic carbocycles. The van der Waals surface area contributed by atoms with Gasteiger partial charge in [0.05, 0.1) is 10.0 Å². The summed E-state index contributed by atoms with van der Waals surface area (Å²) in [6.45, 7) is 3.25. The van der Waals surface area contributed by atoms with E-state index in [0.717, 1.165) is 0 Å². The van der Waals surface area contributed by atoms with Crippen molar-refractivity contribution in [2.24, 2.45) is 5.92 Å². The lowest BCUT2D eigenvalue weighted by molar-refractivity contribution is -0.143. The Balaban J connectivity index is 2.63. The Morgan fingerprint density at radius 1 is 1.33 bits per heavy atom. The molecule has 0 fully saturated rings. The predicted octanol–water partition coefficient (Wildman–Crippen LogP) is 2.99. The summed E-state index contributed by atoms with van der Waals surface area (Å²) in [7, 11) is 0. The zero-order chi connectivity index (χ0) is 16.0. The fourth-order valence-electron chi connectivity index (χ4n) is 1.66. The fourth-order valence-corrected chi connectivity index (χ4v) is 2.16. The summed E-state index contributed by atoms with van der Waals surface area (Å²) in [6.07, 6.45) is 0.633. The van der Waals surface area contributed by atoms with Gasteiger partial charge in [-0.1, -0.05) is 49.5 Å². The van der Waals surface area contributed by atoms with Crippen molar-refractivity contribution in [3.05, 3.63) is 28.2 Å². The number of hydrogen-bond acceptors (Lipinski definition) is 3. The average Bonchev–Trinajstić information content (AvgIpc) is 2.43. The predicted molar refractivity (Wildman–Crippen MR) is 81.0 cm³/mol. The van der Waals surface area contributed by atoms with Gasteiger partial charge in [0.1, 0.15) is 6.04 Å². The molecule has 21 heavy (non-hydrogen) atoms. The third-order valence-corrected chi connectivity index (χ3v) is 3.66. The SMILES string of the molecule is CC[C@H](C)[C@H](NC(=O)COc1c(Cl)cccc1Cl)C(=O)O. The van der Waals surface area contributed by atoms with E-state index < -0.39 is 17.9 Å². The number of carboxylic acid groups (broad SMARTS) is 1. The Morgan fingerprint density at radius 3 is 2.38 bits per heavy atom. The molecule has 0 bridgehead atoms. The molecule has 7 heteroatoms. The molecule has 2 atom stereocenters. The van der Waals surface area contributed by atoms with Crippen LogP contribution in [0.4, 0.5) is 0 Å². The van der Waals surface area contributed by atoms with Gasteiger partial charge >= 0.3 is 5.97 Å². The van der Waals surface area contributed by atoms with Gasteiger partial charge in [-0.25, -0.2) is 4.79 Å². The van der Waals surface area contributed by atoms with E-state index in [4.69, 9.17) is 33.0 Å². The number of aliphatic carboxylic acids is 1. The van der Waals surface area contributed by atoms with Crippen LogP contribution in [0.15, 0.2) is 18.2 Å². The van der Waals surface area contributed by atoms with Crippen LogP contribution in [0.3, 0.4) is 0 Å². The van der Waals surface area contributed by atoms with E-state index in [-0.39, 0.29) is 28.3 Å². The third kappa shape index (κ3) is 5.10. The third-order valence-electron chi connectivity index (χ3n) is 3.06. The number of rotatable bonds is 7. The van der Waals surface area contributed by atoms with E-state index in [1.54, 1.807) is 25.1 Å². The molecule has 0 heterocycles. The van der Waals surface area contributed by atoms with Crippen LogP contribution < -0.4 is 10.1 Å². The summed E-state index contributed by atoms with van der Waals surface area (Å²) < 4.78 is 5.25. The maximum Gasteiger partial charge on any atom is 0.326 e. The van der Waals surface area contributed by atoms with Crippen LogP contribution >= 0.6 is 23.2 Å². The molecule has 1 rings (SSSR count). The van der Waals surface area contributed by atoms with Gasteiger partial charge in [-0.3, -0.25) is 4.79 Å². The highest BCUT2D eigenvalue weighted by Crippen LogP contribution is 2.32. The number of para-hydroxylation sites is 1.